The van der Waals surface area contributed by atoms with Crippen molar-refractivity contribution in [1.82, 2.24) is 10.2 Å². The molecule has 0 radical (unpaired) electrons. The molecule has 0 spiro atoms. The molecule has 0 aliphatic heterocycles. The third kappa shape index (κ3) is 2.46. The Kier molecular flexibility index (Phi) is 3.31. The van der Waals surface area contributed by atoms with E-state index < -0.39 is 0 Å². The van der Waals surface area contributed by atoms with Gasteiger partial charge in [0.05, 0.1) is 0 Å². The topological polar surface area (TPSA) is 77.0 Å². The van der Waals surface area contributed by atoms with Crippen LogP contribution in [0.1, 0.15) is 39.5 Å². The summed E-state index contributed by atoms with van der Waals surface area (Å²) in [5, 5.41) is 10.8. The molecule has 5 nitrogen and oxygen atoms in total. The van der Waals surface area contributed by atoms with E-state index in [1.54, 1.807) is 0 Å². The van der Waals surface area contributed by atoms with E-state index in [4.69, 9.17) is 10.2 Å². The first-order valence-electron chi connectivity index (χ1n) is 6.02. The summed E-state index contributed by atoms with van der Waals surface area (Å²) in [6.07, 6.45) is 5.04. The van der Waals surface area contributed by atoms with E-state index in [2.05, 4.69) is 29.4 Å². The predicted molar refractivity (Wildman–Crippen MR) is 62.9 cm³/mol. The summed E-state index contributed by atoms with van der Waals surface area (Å²) in [6, 6.07) is 1.02. The minimum absolute atomic E-state index is 0.124. The molecule has 1 aliphatic carbocycles. The molecular weight excluding hydrogens is 204 g/mol. The summed E-state index contributed by atoms with van der Waals surface area (Å²) in [5.74, 6) is 1.36. The van der Waals surface area contributed by atoms with Gasteiger partial charge in [0.1, 0.15) is 0 Å². The third-order valence-electron chi connectivity index (χ3n) is 3.43. The minimum Gasteiger partial charge on any atom is -0.390 e. The van der Waals surface area contributed by atoms with Crippen molar-refractivity contribution in [3.63, 3.8) is 0 Å². The standard InChI is InChI=1S/C11H20N4O/c1-7(2)8-5-3-4-6-9(8)13-11-15-14-10(12)16-11/h7-9H,3-6H2,1-2H3,(H2,12,14)(H,13,15). The quantitative estimate of drug-likeness (QED) is 0.823. The van der Waals surface area contributed by atoms with Gasteiger partial charge in [-0.2, -0.15) is 0 Å². The summed E-state index contributed by atoms with van der Waals surface area (Å²) >= 11 is 0. The molecule has 2 rings (SSSR count). The Labute approximate surface area is 95.8 Å². The van der Waals surface area contributed by atoms with Crippen molar-refractivity contribution in [3.8, 4) is 0 Å². The molecule has 1 heterocycles. The summed E-state index contributed by atoms with van der Waals surface area (Å²) in [6.45, 7) is 4.54. The van der Waals surface area contributed by atoms with Gasteiger partial charge in [-0.1, -0.05) is 36.9 Å². The van der Waals surface area contributed by atoms with Gasteiger partial charge in [-0.05, 0) is 24.7 Å². The van der Waals surface area contributed by atoms with Crippen LogP contribution >= 0.6 is 0 Å². The van der Waals surface area contributed by atoms with Crippen molar-refractivity contribution in [2.45, 2.75) is 45.6 Å². The molecule has 0 saturated heterocycles. The van der Waals surface area contributed by atoms with Crippen molar-refractivity contribution in [2.75, 3.05) is 11.1 Å². The van der Waals surface area contributed by atoms with Crippen LogP contribution in [0.4, 0.5) is 12.0 Å². The molecule has 1 aromatic rings. The molecule has 2 unspecified atom stereocenters. The molecule has 1 aliphatic rings. The highest BCUT2D eigenvalue weighted by molar-refractivity contribution is 5.24. The van der Waals surface area contributed by atoms with Crippen LogP contribution in [0.15, 0.2) is 4.42 Å². The van der Waals surface area contributed by atoms with E-state index in [0.717, 1.165) is 0 Å². The van der Waals surface area contributed by atoms with Gasteiger partial charge in [0.15, 0.2) is 0 Å². The van der Waals surface area contributed by atoms with Crippen molar-refractivity contribution in [1.29, 1.82) is 0 Å². The zero-order valence-electron chi connectivity index (χ0n) is 9.94. The fourth-order valence-corrected chi connectivity index (χ4v) is 2.59. The molecular formula is C11H20N4O. The van der Waals surface area contributed by atoms with Crippen molar-refractivity contribution in [3.05, 3.63) is 0 Å². The van der Waals surface area contributed by atoms with Crippen LogP contribution in [0.2, 0.25) is 0 Å². The zero-order chi connectivity index (χ0) is 11.5. The van der Waals surface area contributed by atoms with Crippen molar-refractivity contribution >= 4 is 12.0 Å². The Balaban J connectivity index is 2.01. The molecule has 0 aromatic carbocycles. The van der Waals surface area contributed by atoms with E-state index in [1.807, 2.05) is 0 Å². The van der Waals surface area contributed by atoms with Gasteiger partial charge < -0.3 is 15.5 Å². The first kappa shape index (κ1) is 11.2. The first-order chi connectivity index (χ1) is 7.66. The number of nitrogen functional groups attached to an aromatic ring is 1. The van der Waals surface area contributed by atoms with E-state index >= 15 is 0 Å². The first-order valence-corrected chi connectivity index (χ1v) is 6.02. The smallest absolute Gasteiger partial charge is 0.317 e. The highest BCUT2D eigenvalue weighted by Crippen LogP contribution is 2.32. The van der Waals surface area contributed by atoms with E-state index in [-0.39, 0.29) is 6.01 Å². The van der Waals surface area contributed by atoms with Gasteiger partial charge in [-0.3, -0.25) is 0 Å². The molecule has 1 aromatic heterocycles. The van der Waals surface area contributed by atoms with E-state index in [1.165, 1.54) is 25.7 Å². The lowest BCUT2D eigenvalue weighted by Crippen LogP contribution is -2.35. The maximum Gasteiger partial charge on any atom is 0.317 e. The van der Waals surface area contributed by atoms with Gasteiger partial charge in [-0.15, -0.1) is 0 Å². The van der Waals surface area contributed by atoms with Gasteiger partial charge in [0, 0.05) is 6.04 Å². The van der Waals surface area contributed by atoms with Gasteiger partial charge in [-0.25, -0.2) is 0 Å². The second-order valence-corrected chi connectivity index (χ2v) is 4.89. The summed E-state index contributed by atoms with van der Waals surface area (Å²) in [7, 11) is 0. The van der Waals surface area contributed by atoms with Crippen LogP contribution in [0.25, 0.3) is 0 Å². The lowest BCUT2D eigenvalue weighted by molar-refractivity contribution is 0.251. The number of nitrogens with zero attached hydrogens (tertiary/aromatic N) is 2. The van der Waals surface area contributed by atoms with Crippen LogP contribution in [0, 0.1) is 11.8 Å². The van der Waals surface area contributed by atoms with Crippen LogP contribution in [-0.4, -0.2) is 16.2 Å². The Morgan fingerprint density at radius 1 is 1.31 bits per heavy atom. The minimum atomic E-state index is 0.124. The average molecular weight is 224 g/mol. The monoisotopic (exact) mass is 224 g/mol. The maximum absolute atomic E-state index is 5.40. The Hall–Kier alpha value is -1.26. The SMILES string of the molecule is CC(C)C1CCCCC1Nc1nnc(N)o1. The predicted octanol–water partition coefficient (Wildman–Crippen LogP) is 2.28. The van der Waals surface area contributed by atoms with Crippen LogP contribution in [0.5, 0.6) is 0 Å². The fourth-order valence-electron chi connectivity index (χ4n) is 2.59. The normalized spacial score (nSPS) is 25.9. The maximum atomic E-state index is 5.40. The van der Waals surface area contributed by atoms with Crippen molar-refractivity contribution in [2.24, 2.45) is 11.8 Å². The molecule has 0 bridgehead atoms. The van der Waals surface area contributed by atoms with Gasteiger partial charge in [0.2, 0.25) is 0 Å². The van der Waals surface area contributed by atoms with E-state index in [9.17, 15) is 0 Å². The lowest BCUT2D eigenvalue weighted by atomic mass is 9.78. The molecule has 1 saturated carbocycles. The lowest BCUT2D eigenvalue weighted by Gasteiger charge is -2.34. The molecule has 5 heteroatoms. The van der Waals surface area contributed by atoms with Crippen LogP contribution < -0.4 is 11.1 Å². The summed E-state index contributed by atoms with van der Waals surface area (Å²) in [4.78, 5) is 0. The molecule has 2 atom stereocenters. The highest BCUT2D eigenvalue weighted by Gasteiger charge is 2.28. The number of nitrogens with two attached hydrogens (primary N) is 1. The second-order valence-electron chi connectivity index (χ2n) is 4.89. The summed E-state index contributed by atoms with van der Waals surface area (Å²) in [5.41, 5.74) is 5.40. The fraction of sp³-hybridized carbons (Fsp3) is 0.818. The molecule has 0 amide bonds. The number of hydrogen-bond donors (Lipinski definition) is 2. The molecule has 1 fully saturated rings. The molecule has 90 valence electrons. The number of hydrogen-bond acceptors (Lipinski definition) is 5. The summed E-state index contributed by atoms with van der Waals surface area (Å²) < 4.78 is 5.16. The number of nitrogens with one attached hydrogen (secondary N) is 1. The number of aromatic nitrogens is 2. The average Bonchev–Trinajstić information content (AvgIpc) is 2.64. The second kappa shape index (κ2) is 4.72. The Bertz CT molecular complexity index is 336. The molecule has 16 heavy (non-hydrogen) atoms. The number of rotatable bonds is 3. The Morgan fingerprint density at radius 2 is 2.06 bits per heavy atom. The Morgan fingerprint density at radius 3 is 2.69 bits per heavy atom. The van der Waals surface area contributed by atoms with Gasteiger partial charge >= 0.3 is 12.0 Å². The highest BCUT2D eigenvalue weighted by atomic mass is 16.4. The van der Waals surface area contributed by atoms with Crippen molar-refractivity contribution < 1.29 is 4.42 Å². The molecule has 3 N–H and O–H groups in total. The number of anilines is 2. The largest absolute Gasteiger partial charge is 0.390 e. The van der Waals surface area contributed by atoms with Gasteiger partial charge in [0.25, 0.3) is 0 Å². The van der Waals surface area contributed by atoms with Crippen LogP contribution in [0.3, 0.4) is 0 Å². The van der Waals surface area contributed by atoms with E-state index in [0.29, 0.717) is 23.9 Å². The third-order valence-corrected chi connectivity index (χ3v) is 3.43. The zero-order valence-corrected chi connectivity index (χ0v) is 9.94. The van der Waals surface area contributed by atoms with Crippen LogP contribution in [-0.2, 0) is 0 Å².